The molecule has 2 saturated carbocycles. The zero-order valence-electron chi connectivity index (χ0n) is 9.81. The quantitative estimate of drug-likeness (QED) is 0.734. The van der Waals surface area contributed by atoms with Crippen LogP contribution in [0.25, 0.3) is 0 Å². The van der Waals surface area contributed by atoms with E-state index in [1.165, 1.54) is 44.9 Å². The molecule has 0 unspecified atom stereocenters. The van der Waals surface area contributed by atoms with E-state index in [1.807, 2.05) is 0 Å². The molecule has 1 heteroatoms. The molecule has 0 amide bonds. The van der Waals surface area contributed by atoms with E-state index in [4.69, 9.17) is 5.73 Å². The lowest BCUT2D eigenvalue weighted by atomic mass is 9.67. The average molecular weight is 195 g/mol. The summed E-state index contributed by atoms with van der Waals surface area (Å²) in [4.78, 5) is 0. The van der Waals surface area contributed by atoms with Gasteiger partial charge in [-0.05, 0) is 68.2 Å². The Hall–Kier alpha value is -0.0400. The second-order valence-electron chi connectivity index (χ2n) is 6.34. The molecule has 0 aromatic heterocycles. The lowest BCUT2D eigenvalue weighted by Crippen LogP contribution is -2.28. The van der Waals surface area contributed by atoms with Crippen molar-refractivity contribution in [2.24, 2.45) is 22.5 Å². The van der Waals surface area contributed by atoms with Crippen LogP contribution in [0, 0.1) is 16.7 Å². The van der Waals surface area contributed by atoms with Crippen LogP contribution >= 0.6 is 0 Å². The summed E-state index contributed by atoms with van der Waals surface area (Å²) in [5.41, 5.74) is 7.05. The molecule has 2 rings (SSSR count). The van der Waals surface area contributed by atoms with E-state index in [9.17, 15) is 0 Å². The number of rotatable bonds is 3. The normalized spacial score (nSPS) is 30.2. The first-order chi connectivity index (χ1) is 6.58. The van der Waals surface area contributed by atoms with Gasteiger partial charge in [0.1, 0.15) is 0 Å². The van der Waals surface area contributed by atoms with Crippen LogP contribution in [0.2, 0.25) is 0 Å². The smallest absolute Gasteiger partial charge is 0.00719 e. The fourth-order valence-corrected chi connectivity index (χ4v) is 3.32. The number of hydrogen-bond donors (Lipinski definition) is 1. The van der Waals surface area contributed by atoms with Gasteiger partial charge in [-0.2, -0.15) is 0 Å². The monoisotopic (exact) mass is 195 g/mol. The summed E-state index contributed by atoms with van der Waals surface area (Å²) < 4.78 is 0. The molecule has 2 aliphatic carbocycles. The summed E-state index contributed by atoms with van der Waals surface area (Å²) in [6.45, 7) is 5.75. The standard InChI is InChI=1S/C13H25N/c1-12(2)5-3-11(4-6-12)13(7-8-13)9-10-14/h11H,3-10,14H2,1-2H3. The molecular weight excluding hydrogens is 170 g/mol. The molecule has 2 aliphatic rings. The molecule has 2 N–H and O–H groups in total. The second-order valence-corrected chi connectivity index (χ2v) is 6.34. The van der Waals surface area contributed by atoms with Crippen LogP contribution in [-0.4, -0.2) is 6.54 Å². The van der Waals surface area contributed by atoms with Crippen LogP contribution in [0.4, 0.5) is 0 Å². The molecule has 0 saturated heterocycles. The van der Waals surface area contributed by atoms with Gasteiger partial charge in [-0.15, -0.1) is 0 Å². The van der Waals surface area contributed by atoms with Gasteiger partial charge in [0, 0.05) is 0 Å². The van der Waals surface area contributed by atoms with Gasteiger partial charge in [0.25, 0.3) is 0 Å². The summed E-state index contributed by atoms with van der Waals surface area (Å²) in [6, 6.07) is 0. The van der Waals surface area contributed by atoms with Gasteiger partial charge in [-0.1, -0.05) is 13.8 Å². The highest BCUT2D eigenvalue weighted by Gasteiger charge is 2.49. The Kier molecular flexibility index (Phi) is 2.63. The molecule has 0 atom stereocenters. The third-order valence-electron chi connectivity index (χ3n) is 4.74. The summed E-state index contributed by atoms with van der Waals surface area (Å²) in [7, 11) is 0. The molecular formula is C13H25N. The minimum absolute atomic E-state index is 0.620. The fourth-order valence-electron chi connectivity index (χ4n) is 3.32. The third kappa shape index (κ3) is 1.98. The lowest BCUT2D eigenvalue weighted by Gasteiger charge is -2.38. The van der Waals surface area contributed by atoms with E-state index >= 15 is 0 Å². The Morgan fingerprint density at radius 3 is 2.07 bits per heavy atom. The molecule has 0 heterocycles. The van der Waals surface area contributed by atoms with Crippen LogP contribution < -0.4 is 5.73 Å². The molecule has 14 heavy (non-hydrogen) atoms. The maximum atomic E-state index is 5.71. The molecule has 82 valence electrons. The number of nitrogens with two attached hydrogens (primary N) is 1. The van der Waals surface area contributed by atoms with Crippen molar-refractivity contribution in [2.45, 2.75) is 58.8 Å². The lowest BCUT2D eigenvalue weighted by molar-refractivity contribution is 0.133. The molecule has 0 radical (unpaired) electrons. The SMILES string of the molecule is CC1(C)CCC(C2(CCN)CC2)CC1. The largest absolute Gasteiger partial charge is 0.330 e. The Labute approximate surface area is 88.4 Å². The van der Waals surface area contributed by atoms with E-state index in [0.29, 0.717) is 10.8 Å². The van der Waals surface area contributed by atoms with Gasteiger partial charge in [0.2, 0.25) is 0 Å². The minimum atomic E-state index is 0.620. The first-order valence-corrected chi connectivity index (χ1v) is 6.28. The Morgan fingerprint density at radius 2 is 1.64 bits per heavy atom. The van der Waals surface area contributed by atoms with E-state index in [-0.39, 0.29) is 0 Å². The highest BCUT2D eigenvalue weighted by atomic mass is 14.6. The van der Waals surface area contributed by atoms with Gasteiger partial charge in [-0.25, -0.2) is 0 Å². The summed E-state index contributed by atoms with van der Waals surface area (Å²) in [6.07, 6.45) is 10.0. The van der Waals surface area contributed by atoms with Crippen molar-refractivity contribution in [3.05, 3.63) is 0 Å². The molecule has 0 spiro atoms. The molecule has 0 bridgehead atoms. The van der Waals surface area contributed by atoms with Gasteiger partial charge >= 0.3 is 0 Å². The molecule has 2 fully saturated rings. The van der Waals surface area contributed by atoms with Crippen molar-refractivity contribution in [2.75, 3.05) is 6.54 Å². The van der Waals surface area contributed by atoms with Crippen LogP contribution in [0.5, 0.6) is 0 Å². The van der Waals surface area contributed by atoms with Gasteiger partial charge in [0.05, 0.1) is 0 Å². The zero-order chi connectivity index (χ0) is 10.2. The summed E-state index contributed by atoms with van der Waals surface area (Å²) >= 11 is 0. The van der Waals surface area contributed by atoms with Crippen molar-refractivity contribution >= 4 is 0 Å². The van der Waals surface area contributed by atoms with E-state index in [2.05, 4.69) is 13.8 Å². The van der Waals surface area contributed by atoms with Crippen LogP contribution in [0.3, 0.4) is 0 Å². The maximum absolute atomic E-state index is 5.71. The second kappa shape index (κ2) is 3.52. The number of hydrogen-bond acceptors (Lipinski definition) is 1. The van der Waals surface area contributed by atoms with Gasteiger partial charge in [0.15, 0.2) is 0 Å². The first-order valence-electron chi connectivity index (χ1n) is 6.28. The minimum Gasteiger partial charge on any atom is -0.330 e. The van der Waals surface area contributed by atoms with Crippen molar-refractivity contribution in [1.82, 2.24) is 0 Å². The fraction of sp³-hybridized carbons (Fsp3) is 1.00. The topological polar surface area (TPSA) is 26.0 Å². The molecule has 0 aromatic rings. The van der Waals surface area contributed by atoms with Crippen molar-refractivity contribution in [3.8, 4) is 0 Å². The first kappa shape index (κ1) is 10.5. The molecule has 0 aliphatic heterocycles. The van der Waals surface area contributed by atoms with E-state index in [1.54, 1.807) is 0 Å². The summed E-state index contributed by atoms with van der Waals surface area (Å²) in [5, 5.41) is 0. The highest BCUT2D eigenvalue weighted by Crippen LogP contribution is 2.59. The molecule has 0 aromatic carbocycles. The average Bonchev–Trinajstić information content (AvgIpc) is 2.86. The Balaban J connectivity index is 1.89. The van der Waals surface area contributed by atoms with Crippen LogP contribution in [-0.2, 0) is 0 Å². The third-order valence-corrected chi connectivity index (χ3v) is 4.74. The predicted octanol–water partition coefficient (Wildman–Crippen LogP) is 3.33. The molecule has 1 nitrogen and oxygen atoms in total. The predicted molar refractivity (Wildman–Crippen MR) is 61.1 cm³/mol. The van der Waals surface area contributed by atoms with Crippen LogP contribution in [0.15, 0.2) is 0 Å². The van der Waals surface area contributed by atoms with Crippen LogP contribution in [0.1, 0.15) is 58.8 Å². The van der Waals surface area contributed by atoms with Crippen molar-refractivity contribution < 1.29 is 0 Å². The Bertz CT molecular complexity index is 193. The summed E-state index contributed by atoms with van der Waals surface area (Å²) in [5.74, 6) is 1.01. The van der Waals surface area contributed by atoms with Crippen molar-refractivity contribution in [1.29, 1.82) is 0 Å². The van der Waals surface area contributed by atoms with E-state index < -0.39 is 0 Å². The van der Waals surface area contributed by atoms with Gasteiger partial charge < -0.3 is 5.73 Å². The highest BCUT2D eigenvalue weighted by molar-refractivity contribution is 5.00. The zero-order valence-corrected chi connectivity index (χ0v) is 9.81. The van der Waals surface area contributed by atoms with Gasteiger partial charge in [-0.3, -0.25) is 0 Å². The van der Waals surface area contributed by atoms with Crippen molar-refractivity contribution in [3.63, 3.8) is 0 Å². The van der Waals surface area contributed by atoms with E-state index in [0.717, 1.165) is 12.5 Å². The maximum Gasteiger partial charge on any atom is -0.00719 e. The Morgan fingerprint density at radius 1 is 1.07 bits per heavy atom.